The molecule has 0 radical (unpaired) electrons. The Bertz CT molecular complexity index is 779. The van der Waals surface area contributed by atoms with E-state index >= 15 is 0 Å². The fourth-order valence-corrected chi connectivity index (χ4v) is 4.40. The van der Waals surface area contributed by atoms with Crippen LogP contribution in [0.2, 0.25) is 0 Å². The molecule has 1 aliphatic rings. The molecule has 7 heteroatoms. The number of thioether (sulfide) groups is 1. The number of nitrogens with zero attached hydrogens (tertiary/aromatic N) is 1. The Morgan fingerprint density at radius 1 is 1.25 bits per heavy atom. The summed E-state index contributed by atoms with van der Waals surface area (Å²) in [7, 11) is 0. The van der Waals surface area contributed by atoms with Gasteiger partial charge in [-0.25, -0.2) is 4.79 Å². The lowest BCUT2D eigenvalue weighted by molar-refractivity contribution is 0.0996. The van der Waals surface area contributed by atoms with Crippen molar-refractivity contribution in [2.45, 2.75) is 38.0 Å². The maximum atomic E-state index is 12.6. The first kappa shape index (κ1) is 20.3. The van der Waals surface area contributed by atoms with Crippen molar-refractivity contribution in [3.05, 3.63) is 54.0 Å². The Morgan fingerprint density at radius 3 is 2.93 bits per heavy atom. The Kier molecular flexibility index (Phi) is 7.42. The number of hydrogen-bond acceptors (Lipinski definition) is 4. The molecule has 3 amide bonds. The first-order valence-electron chi connectivity index (χ1n) is 9.74. The highest BCUT2D eigenvalue weighted by Crippen LogP contribution is 2.22. The molecule has 28 heavy (non-hydrogen) atoms. The molecule has 2 N–H and O–H groups in total. The van der Waals surface area contributed by atoms with Crippen LogP contribution in [0.3, 0.4) is 0 Å². The molecule has 0 bridgehead atoms. The SMILES string of the molecule is CCSC1CCCCN(C(=O)NCc2cccc(NC(=O)c3ccco3)c2)C1. The largest absolute Gasteiger partial charge is 0.459 e. The van der Waals surface area contributed by atoms with Crippen LogP contribution >= 0.6 is 11.8 Å². The van der Waals surface area contributed by atoms with Crippen molar-refractivity contribution in [2.75, 3.05) is 24.2 Å². The van der Waals surface area contributed by atoms with Crippen molar-refractivity contribution in [1.29, 1.82) is 0 Å². The van der Waals surface area contributed by atoms with Gasteiger partial charge in [0.2, 0.25) is 0 Å². The van der Waals surface area contributed by atoms with Gasteiger partial charge in [-0.15, -0.1) is 0 Å². The van der Waals surface area contributed by atoms with E-state index in [2.05, 4.69) is 17.6 Å². The summed E-state index contributed by atoms with van der Waals surface area (Å²) >= 11 is 1.94. The van der Waals surface area contributed by atoms with E-state index in [1.807, 2.05) is 40.9 Å². The topological polar surface area (TPSA) is 74.6 Å². The molecular weight excluding hydrogens is 374 g/mol. The molecule has 0 spiro atoms. The number of likely N-dealkylation sites (tertiary alicyclic amines) is 1. The van der Waals surface area contributed by atoms with Crippen LogP contribution in [0.15, 0.2) is 47.1 Å². The van der Waals surface area contributed by atoms with Crippen LogP contribution in [0.1, 0.15) is 42.3 Å². The molecule has 3 rings (SSSR count). The molecule has 1 fully saturated rings. The molecule has 150 valence electrons. The fourth-order valence-electron chi connectivity index (χ4n) is 3.31. The van der Waals surface area contributed by atoms with Crippen LogP contribution in [0.4, 0.5) is 10.5 Å². The second kappa shape index (κ2) is 10.2. The number of anilines is 1. The van der Waals surface area contributed by atoms with Crippen LogP contribution in [0, 0.1) is 0 Å². The Hall–Kier alpha value is -2.41. The third-order valence-corrected chi connectivity index (χ3v) is 5.88. The minimum Gasteiger partial charge on any atom is -0.459 e. The molecule has 6 nitrogen and oxygen atoms in total. The van der Waals surface area contributed by atoms with Crippen molar-refractivity contribution < 1.29 is 14.0 Å². The Labute approximate surface area is 170 Å². The summed E-state index contributed by atoms with van der Waals surface area (Å²) in [6.45, 7) is 4.21. The van der Waals surface area contributed by atoms with Gasteiger partial charge in [-0.1, -0.05) is 25.5 Å². The van der Waals surface area contributed by atoms with Crippen LogP contribution in [-0.2, 0) is 6.54 Å². The van der Waals surface area contributed by atoms with Gasteiger partial charge >= 0.3 is 6.03 Å². The lowest BCUT2D eigenvalue weighted by atomic mass is 10.2. The first-order chi connectivity index (χ1) is 13.7. The standard InChI is InChI=1S/C21H27N3O3S/c1-2-28-18-9-3-4-11-24(15-18)21(26)22-14-16-7-5-8-17(13-16)23-20(25)19-10-6-12-27-19/h5-8,10,12-13,18H,2-4,9,11,14-15H2,1H3,(H,22,26)(H,23,25). The van der Waals surface area contributed by atoms with E-state index in [0.717, 1.165) is 30.8 Å². The highest BCUT2D eigenvalue weighted by atomic mass is 32.2. The predicted octanol–water partition coefficient (Wildman–Crippen LogP) is 4.35. The summed E-state index contributed by atoms with van der Waals surface area (Å²) in [5.74, 6) is 1.05. The van der Waals surface area contributed by atoms with E-state index in [4.69, 9.17) is 4.42 Å². The van der Waals surface area contributed by atoms with Crippen LogP contribution in [-0.4, -0.2) is 40.9 Å². The zero-order chi connectivity index (χ0) is 19.8. The number of nitrogens with one attached hydrogen (secondary N) is 2. The summed E-state index contributed by atoms with van der Waals surface area (Å²) in [5, 5.41) is 6.35. The second-order valence-electron chi connectivity index (χ2n) is 6.81. The van der Waals surface area contributed by atoms with Gasteiger partial charge in [0.25, 0.3) is 5.91 Å². The third kappa shape index (κ3) is 5.79. The van der Waals surface area contributed by atoms with Gasteiger partial charge in [0, 0.05) is 30.6 Å². The van der Waals surface area contributed by atoms with Gasteiger partial charge in [-0.2, -0.15) is 11.8 Å². The Morgan fingerprint density at radius 2 is 2.14 bits per heavy atom. The molecule has 1 atom stereocenters. The number of hydrogen-bond donors (Lipinski definition) is 2. The van der Waals surface area contributed by atoms with Gasteiger partial charge in [-0.05, 0) is 48.4 Å². The quantitative estimate of drug-likeness (QED) is 0.755. The average molecular weight is 402 g/mol. The second-order valence-corrected chi connectivity index (χ2v) is 8.39. The summed E-state index contributed by atoms with van der Waals surface area (Å²) in [6.07, 6.45) is 4.88. The predicted molar refractivity (Wildman–Crippen MR) is 113 cm³/mol. The smallest absolute Gasteiger partial charge is 0.317 e. The van der Waals surface area contributed by atoms with Crippen LogP contribution in [0.25, 0.3) is 0 Å². The number of urea groups is 1. The van der Waals surface area contributed by atoms with Gasteiger partial charge < -0.3 is 20.0 Å². The van der Waals surface area contributed by atoms with Gasteiger partial charge in [-0.3, -0.25) is 4.79 Å². The lowest BCUT2D eigenvalue weighted by Gasteiger charge is -2.24. The van der Waals surface area contributed by atoms with Gasteiger partial charge in [0.05, 0.1) is 6.26 Å². The lowest BCUT2D eigenvalue weighted by Crippen LogP contribution is -2.42. The fraction of sp³-hybridized carbons (Fsp3) is 0.429. The number of rotatable bonds is 6. The van der Waals surface area contributed by atoms with E-state index in [9.17, 15) is 9.59 Å². The van der Waals surface area contributed by atoms with Crippen molar-refractivity contribution >= 4 is 29.4 Å². The number of amides is 3. The van der Waals surface area contributed by atoms with E-state index in [1.165, 1.54) is 19.1 Å². The minimum atomic E-state index is -0.296. The maximum Gasteiger partial charge on any atom is 0.317 e. The summed E-state index contributed by atoms with van der Waals surface area (Å²) < 4.78 is 5.10. The molecule has 0 aliphatic carbocycles. The summed E-state index contributed by atoms with van der Waals surface area (Å²) in [4.78, 5) is 26.6. The van der Waals surface area contributed by atoms with Crippen LogP contribution in [0.5, 0.6) is 0 Å². The molecule has 1 saturated heterocycles. The van der Waals surface area contributed by atoms with Crippen molar-refractivity contribution in [3.8, 4) is 0 Å². The molecule has 1 aromatic carbocycles. The molecule has 1 aliphatic heterocycles. The normalized spacial score (nSPS) is 17.0. The van der Waals surface area contributed by atoms with Crippen molar-refractivity contribution in [2.24, 2.45) is 0 Å². The number of carbonyl (C=O) groups is 2. The average Bonchev–Trinajstić information content (AvgIpc) is 3.14. The van der Waals surface area contributed by atoms with E-state index in [1.54, 1.807) is 12.1 Å². The number of carbonyl (C=O) groups excluding carboxylic acids is 2. The van der Waals surface area contributed by atoms with Gasteiger partial charge in [0.1, 0.15) is 0 Å². The molecule has 0 saturated carbocycles. The van der Waals surface area contributed by atoms with Gasteiger partial charge in [0.15, 0.2) is 5.76 Å². The highest BCUT2D eigenvalue weighted by molar-refractivity contribution is 7.99. The monoisotopic (exact) mass is 401 g/mol. The van der Waals surface area contributed by atoms with E-state index in [0.29, 0.717) is 17.5 Å². The van der Waals surface area contributed by atoms with E-state index in [-0.39, 0.29) is 17.7 Å². The zero-order valence-electron chi connectivity index (χ0n) is 16.1. The van der Waals surface area contributed by atoms with E-state index < -0.39 is 0 Å². The summed E-state index contributed by atoms with van der Waals surface area (Å²) in [6, 6.07) is 10.7. The van der Waals surface area contributed by atoms with Crippen molar-refractivity contribution in [3.63, 3.8) is 0 Å². The molecule has 2 heterocycles. The zero-order valence-corrected chi connectivity index (χ0v) is 17.0. The molecule has 1 unspecified atom stereocenters. The molecule has 1 aromatic heterocycles. The third-order valence-electron chi connectivity index (χ3n) is 4.69. The minimum absolute atomic E-state index is 0.0198. The maximum absolute atomic E-state index is 12.6. The number of benzene rings is 1. The first-order valence-corrected chi connectivity index (χ1v) is 10.8. The Balaban J connectivity index is 1.53. The highest BCUT2D eigenvalue weighted by Gasteiger charge is 2.21. The molecular formula is C21H27N3O3S. The van der Waals surface area contributed by atoms with Crippen LogP contribution < -0.4 is 10.6 Å². The number of furan rings is 1. The summed E-state index contributed by atoms with van der Waals surface area (Å²) in [5.41, 5.74) is 1.60. The molecule has 2 aromatic rings. The van der Waals surface area contributed by atoms with Crippen molar-refractivity contribution in [1.82, 2.24) is 10.2 Å².